The summed E-state index contributed by atoms with van der Waals surface area (Å²) in [6, 6.07) is 11.8. The van der Waals surface area contributed by atoms with Crippen molar-refractivity contribution in [3.05, 3.63) is 77.4 Å². The predicted molar refractivity (Wildman–Crippen MR) is 204 cm³/mol. The first-order chi connectivity index (χ1) is 26.6. The Morgan fingerprint density at radius 2 is 1.82 bits per heavy atom. The lowest BCUT2D eigenvalue weighted by Crippen LogP contribution is -2.63. The van der Waals surface area contributed by atoms with Crippen molar-refractivity contribution in [1.82, 2.24) is 0 Å². The van der Waals surface area contributed by atoms with E-state index in [9.17, 15) is 24.3 Å². The largest absolute Gasteiger partial charge is 0.457 e. The van der Waals surface area contributed by atoms with Crippen molar-refractivity contribution in [3.8, 4) is 5.75 Å². The van der Waals surface area contributed by atoms with Gasteiger partial charge in [-0.15, -0.1) is 0 Å². The number of ether oxygens (including phenoxy) is 5. The number of azo groups is 1. The zero-order valence-electron chi connectivity index (χ0n) is 33.0. The SMILES string of the molecule is CCCC(OC)OC1(C(=O)COC(=O)Cc2ccccc2/N=N/c2ccc3c(c2)C(=O)OC(C)(C)O3)CCC2C3CCC4=CC(=O)C=CC4(C)C3C(O)CC21C. The molecule has 0 bridgehead atoms. The molecule has 4 aliphatic carbocycles. The van der Waals surface area contributed by atoms with Crippen LogP contribution in [0.1, 0.15) is 95.5 Å². The minimum atomic E-state index is -1.36. The van der Waals surface area contributed by atoms with Gasteiger partial charge < -0.3 is 28.8 Å². The molecule has 7 rings (SSSR count). The van der Waals surface area contributed by atoms with Crippen molar-refractivity contribution >= 4 is 34.9 Å². The van der Waals surface area contributed by atoms with Gasteiger partial charge in [-0.1, -0.05) is 57.0 Å². The van der Waals surface area contributed by atoms with Crippen LogP contribution < -0.4 is 4.74 Å². The zero-order valence-corrected chi connectivity index (χ0v) is 33.0. The topological polar surface area (TPSA) is 159 Å². The van der Waals surface area contributed by atoms with Crippen LogP contribution in [0.5, 0.6) is 5.75 Å². The number of hydrogen-bond acceptors (Lipinski definition) is 12. The van der Waals surface area contributed by atoms with Crippen molar-refractivity contribution in [2.24, 2.45) is 38.8 Å². The van der Waals surface area contributed by atoms with Crippen molar-refractivity contribution in [3.63, 3.8) is 0 Å². The van der Waals surface area contributed by atoms with Crippen LogP contribution in [0.2, 0.25) is 0 Å². The van der Waals surface area contributed by atoms with E-state index in [1.54, 1.807) is 69.5 Å². The van der Waals surface area contributed by atoms with Crippen molar-refractivity contribution < 1.29 is 48.0 Å². The lowest BCUT2D eigenvalue weighted by atomic mass is 9.46. The first-order valence-electron chi connectivity index (χ1n) is 19.7. The molecule has 1 aliphatic heterocycles. The van der Waals surface area contributed by atoms with Crippen LogP contribution in [-0.4, -0.2) is 66.1 Å². The number of allylic oxidation sites excluding steroid dienone is 4. The van der Waals surface area contributed by atoms with Crippen LogP contribution in [-0.2, 0) is 39.8 Å². The number of hydrogen-bond donors (Lipinski definition) is 1. The number of benzene rings is 2. The summed E-state index contributed by atoms with van der Waals surface area (Å²) in [7, 11) is 1.56. The van der Waals surface area contributed by atoms with Crippen molar-refractivity contribution in [2.75, 3.05) is 13.7 Å². The molecule has 298 valence electrons. The molecule has 12 heteroatoms. The van der Waals surface area contributed by atoms with E-state index >= 15 is 0 Å². The Hall–Kier alpha value is -4.52. The molecule has 5 aliphatic rings. The zero-order chi connectivity index (χ0) is 40.0. The number of aliphatic hydroxyl groups is 1. The molecule has 0 amide bonds. The molecule has 0 spiro atoms. The van der Waals surface area contributed by atoms with E-state index in [0.717, 1.165) is 24.8 Å². The molecule has 0 radical (unpaired) electrons. The predicted octanol–water partition coefficient (Wildman–Crippen LogP) is 7.85. The Bertz CT molecular complexity index is 2000. The first kappa shape index (κ1) is 39.7. The van der Waals surface area contributed by atoms with Gasteiger partial charge in [0.15, 0.2) is 18.7 Å². The molecule has 8 unspecified atom stereocenters. The van der Waals surface area contributed by atoms with Gasteiger partial charge in [-0.3, -0.25) is 14.4 Å². The summed E-state index contributed by atoms with van der Waals surface area (Å²) < 4.78 is 29.3. The number of fused-ring (bicyclic) bond motifs is 6. The fourth-order valence-corrected chi connectivity index (χ4v) is 10.4. The van der Waals surface area contributed by atoms with Gasteiger partial charge in [-0.25, -0.2) is 4.79 Å². The Kier molecular flexibility index (Phi) is 10.7. The fraction of sp³-hybridized carbons (Fsp3) is 0.545. The number of esters is 2. The lowest BCUT2D eigenvalue weighted by Gasteiger charge is -2.60. The minimum absolute atomic E-state index is 0.0195. The van der Waals surface area contributed by atoms with Gasteiger partial charge >= 0.3 is 11.9 Å². The second-order valence-electron chi connectivity index (χ2n) is 16.8. The molecule has 8 atom stereocenters. The van der Waals surface area contributed by atoms with E-state index in [1.807, 2.05) is 13.0 Å². The van der Waals surface area contributed by atoms with E-state index in [-0.39, 0.29) is 41.3 Å². The summed E-state index contributed by atoms with van der Waals surface area (Å²) >= 11 is 0. The maximum absolute atomic E-state index is 14.6. The molecule has 1 heterocycles. The summed E-state index contributed by atoms with van der Waals surface area (Å²) in [5.41, 5.74) is 0.0742. The second-order valence-corrected chi connectivity index (χ2v) is 16.8. The summed E-state index contributed by atoms with van der Waals surface area (Å²) in [5.74, 6) is -2.16. The lowest BCUT2D eigenvalue weighted by molar-refractivity contribution is -0.248. The third kappa shape index (κ3) is 7.05. The van der Waals surface area contributed by atoms with Crippen molar-refractivity contribution in [1.29, 1.82) is 0 Å². The Balaban J connectivity index is 1.08. The number of ketones is 2. The van der Waals surface area contributed by atoms with Gasteiger partial charge in [0.25, 0.3) is 0 Å². The van der Waals surface area contributed by atoms with Crippen molar-refractivity contribution in [2.45, 2.75) is 110 Å². The molecule has 0 saturated heterocycles. The molecule has 2 aromatic carbocycles. The standard InChI is InChI=1S/C44H52N2O10/c1-7-10-38(52-6)55-44(20-18-32-30-15-13-27-22-29(47)17-19-42(27,4)39(30)34(48)24-43(32,44)5)36(49)25-53-37(50)21-26-11-8-9-12-33(26)46-45-28-14-16-35-31(23-28)40(51)56-41(2,3)54-35/h8-9,11-12,14,16-17,19,22-23,30,32,34,38-39,48H,7,10,13,15,18,20-21,24-25H2,1-6H3/b46-45+. The van der Waals surface area contributed by atoms with Crippen LogP contribution in [0.4, 0.5) is 11.4 Å². The highest BCUT2D eigenvalue weighted by Gasteiger charge is 2.69. The molecule has 3 saturated carbocycles. The van der Waals surface area contributed by atoms with Gasteiger partial charge in [0.1, 0.15) is 16.9 Å². The monoisotopic (exact) mass is 768 g/mol. The maximum Gasteiger partial charge on any atom is 0.345 e. The quantitative estimate of drug-likeness (QED) is 0.128. The highest BCUT2D eigenvalue weighted by molar-refractivity contribution is 6.01. The minimum Gasteiger partial charge on any atom is -0.457 e. The van der Waals surface area contributed by atoms with Gasteiger partial charge in [-0.2, -0.15) is 10.2 Å². The van der Waals surface area contributed by atoms with Crippen LogP contribution in [0.15, 0.2) is 76.5 Å². The normalized spacial score (nSPS) is 31.9. The van der Waals surface area contributed by atoms with Crippen LogP contribution in [0, 0.1) is 28.6 Å². The number of aliphatic hydroxyl groups excluding tert-OH is 1. The van der Waals surface area contributed by atoms with E-state index in [1.165, 1.54) is 6.07 Å². The van der Waals surface area contributed by atoms with E-state index in [0.29, 0.717) is 48.4 Å². The summed E-state index contributed by atoms with van der Waals surface area (Å²) in [6.45, 7) is 9.00. The number of nitrogens with zero attached hydrogens (tertiary/aromatic N) is 2. The smallest absolute Gasteiger partial charge is 0.345 e. The van der Waals surface area contributed by atoms with E-state index in [4.69, 9.17) is 23.7 Å². The number of Topliss-reactive ketones (excluding diaryl/α,β-unsaturated/α-hetero) is 1. The van der Waals surface area contributed by atoms with Gasteiger partial charge in [0.05, 0.1) is 23.9 Å². The molecule has 3 fully saturated rings. The number of rotatable bonds is 12. The molecular weight excluding hydrogens is 716 g/mol. The summed E-state index contributed by atoms with van der Waals surface area (Å²) in [6.07, 6.45) is 8.07. The third-order valence-electron chi connectivity index (χ3n) is 13.0. The van der Waals surface area contributed by atoms with E-state index < -0.39 is 53.2 Å². The highest BCUT2D eigenvalue weighted by Crippen LogP contribution is 2.68. The number of carbonyl (C=O) groups is 4. The fourth-order valence-electron chi connectivity index (χ4n) is 10.4. The third-order valence-corrected chi connectivity index (χ3v) is 13.0. The van der Waals surface area contributed by atoms with Crippen LogP contribution in [0.3, 0.4) is 0 Å². The molecule has 2 aromatic rings. The number of methoxy groups -OCH3 is 1. The number of carbonyl (C=O) groups excluding carboxylic acids is 4. The molecule has 12 nitrogen and oxygen atoms in total. The molecule has 56 heavy (non-hydrogen) atoms. The average molecular weight is 769 g/mol. The summed E-state index contributed by atoms with van der Waals surface area (Å²) in [4.78, 5) is 52.9. The highest BCUT2D eigenvalue weighted by atomic mass is 16.7. The second kappa shape index (κ2) is 15.1. The number of cyclic esters (lactones) is 1. The summed E-state index contributed by atoms with van der Waals surface area (Å²) in [5, 5.41) is 20.7. The Morgan fingerprint density at radius 3 is 2.59 bits per heavy atom. The van der Waals surface area contributed by atoms with E-state index in [2.05, 4.69) is 24.1 Å². The van der Waals surface area contributed by atoms with Gasteiger partial charge in [0.2, 0.25) is 11.6 Å². The average Bonchev–Trinajstić information content (AvgIpc) is 3.44. The molecule has 0 aromatic heterocycles. The molecule has 1 N–H and O–H groups in total. The Labute approximate surface area is 327 Å². The van der Waals surface area contributed by atoms with Gasteiger partial charge in [-0.05, 0) is 92.3 Å². The van der Waals surface area contributed by atoms with Gasteiger partial charge in [0, 0.05) is 37.7 Å². The first-order valence-corrected chi connectivity index (χ1v) is 19.7. The van der Waals surface area contributed by atoms with Crippen LogP contribution in [0.25, 0.3) is 0 Å². The Morgan fingerprint density at radius 1 is 1.04 bits per heavy atom. The maximum atomic E-state index is 14.6. The molecular formula is C44H52N2O10. The van der Waals surface area contributed by atoms with Crippen LogP contribution >= 0.6 is 0 Å².